The van der Waals surface area contributed by atoms with E-state index in [1.807, 2.05) is 54.6 Å². The molecule has 2 aromatic carbocycles. The van der Waals surface area contributed by atoms with Crippen molar-refractivity contribution in [2.24, 2.45) is 0 Å². The number of nitrogens with one attached hydrogen (secondary N) is 1. The Balaban J connectivity index is 1.66. The average molecular weight is 351 g/mol. The van der Waals surface area contributed by atoms with E-state index >= 15 is 0 Å². The van der Waals surface area contributed by atoms with Gasteiger partial charge in [0.2, 0.25) is 0 Å². The molecule has 0 saturated heterocycles. The molecule has 0 radical (unpaired) electrons. The molecule has 1 atom stereocenters. The van der Waals surface area contributed by atoms with E-state index in [0.717, 1.165) is 22.6 Å². The van der Waals surface area contributed by atoms with Gasteiger partial charge in [0, 0.05) is 5.02 Å². The van der Waals surface area contributed by atoms with E-state index in [4.69, 9.17) is 11.6 Å². The molecule has 0 spiro atoms. The molecule has 6 nitrogen and oxygen atoms in total. The van der Waals surface area contributed by atoms with Crippen LogP contribution in [-0.4, -0.2) is 25.3 Å². The first kappa shape index (κ1) is 15.5. The van der Waals surface area contributed by atoms with Crippen LogP contribution in [0.5, 0.6) is 0 Å². The Morgan fingerprint density at radius 3 is 2.60 bits per heavy atom. The third-order valence-electron chi connectivity index (χ3n) is 3.98. The van der Waals surface area contributed by atoms with Crippen LogP contribution in [0.1, 0.15) is 17.2 Å². The number of tetrazole rings is 1. The van der Waals surface area contributed by atoms with Gasteiger partial charge in [-0.05, 0) is 46.2 Å². The van der Waals surface area contributed by atoms with Gasteiger partial charge in [-0.15, -0.1) is 14.8 Å². The Hall–Kier alpha value is -2.99. The lowest BCUT2D eigenvalue weighted by molar-refractivity contribution is 0.716. The summed E-state index contributed by atoms with van der Waals surface area (Å²) in [5, 5.41) is 20.0. The van der Waals surface area contributed by atoms with Crippen LogP contribution in [0.25, 0.3) is 5.65 Å². The third-order valence-corrected chi connectivity index (χ3v) is 4.34. The normalized spacial score (nSPS) is 12.2. The Morgan fingerprint density at radius 2 is 1.76 bits per heavy atom. The summed E-state index contributed by atoms with van der Waals surface area (Å²) in [5.41, 5.74) is 2.84. The molecule has 0 aliphatic rings. The molecular weight excluding hydrogens is 336 g/mol. The van der Waals surface area contributed by atoms with Crippen LogP contribution >= 0.6 is 11.6 Å². The molecule has 25 heavy (non-hydrogen) atoms. The predicted octanol–water partition coefficient (Wildman–Crippen LogP) is 3.57. The maximum atomic E-state index is 6.35. The minimum absolute atomic E-state index is 0.0162. The molecule has 2 heterocycles. The Labute approximate surface area is 149 Å². The van der Waals surface area contributed by atoms with Crippen LogP contribution in [0.3, 0.4) is 0 Å². The smallest absolute Gasteiger partial charge is 0.200 e. The van der Waals surface area contributed by atoms with Gasteiger partial charge in [0.15, 0.2) is 5.65 Å². The van der Waals surface area contributed by atoms with Crippen molar-refractivity contribution in [2.45, 2.75) is 12.5 Å². The van der Waals surface area contributed by atoms with Crippen LogP contribution in [0, 0.1) is 0 Å². The minimum Gasteiger partial charge on any atom is -0.361 e. The SMILES string of the molecule is Clc1ccccc1CC(Nc1ccc2nnnn2n1)c1ccccc1. The molecule has 2 aromatic heterocycles. The van der Waals surface area contributed by atoms with Crippen LogP contribution in [0.4, 0.5) is 5.82 Å². The van der Waals surface area contributed by atoms with E-state index in [2.05, 4.69) is 38.1 Å². The summed E-state index contributed by atoms with van der Waals surface area (Å²) in [6.45, 7) is 0. The average Bonchev–Trinajstić information content (AvgIpc) is 3.11. The van der Waals surface area contributed by atoms with E-state index in [1.54, 1.807) is 0 Å². The highest BCUT2D eigenvalue weighted by Crippen LogP contribution is 2.26. The van der Waals surface area contributed by atoms with E-state index in [1.165, 1.54) is 4.63 Å². The molecule has 0 saturated carbocycles. The molecule has 1 N–H and O–H groups in total. The second-order valence-electron chi connectivity index (χ2n) is 5.65. The van der Waals surface area contributed by atoms with Crippen molar-refractivity contribution < 1.29 is 0 Å². The minimum atomic E-state index is 0.0162. The van der Waals surface area contributed by atoms with Crippen LogP contribution in [0.2, 0.25) is 5.02 Å². The van der Waals surface area contributed by atoms with Crippen molar-refractivity contribution in [2.75, 3.05) is 5.32 Å². The van der Waals surface area contributed by atoms with E-state index in [-0.39, 0.29) is 6.04 Å². The molecule has 0 bridgehead atoms. The lowest BCUT2D eigenvalue weighted by Crippen LogP contribution is -2.15. The standard InChI is InChI=1S/C18H15ClN6/c19-15-9-5-4-8-14(15)12-16(13-6-2-1-3-7-13)20-17-10-11-18-21-23-24-25(18)22-17/h1-11,16H,12H2,(H,20,22). The number of anilines is 1. The topological polar surface area (TPSA) is 68.0 Å². The van der Waals surface area contributed by atoms with Crippen LogP contribution in [0.15, 0.2) is 66.7 Å². The predicted molar refractivity (Wildman–Crippen MR) is 96.5 cm³/mol. The number of halogens is 1. The highest BCUT2D eigenvalue weighted by atomic mass is 35.5. The lowest BCUT2D eigenvalue weighted by atomic mass is 9.99. The van der Waals surface area contributed by atoms with Crippen molar-refractivity contribution in [1.82, 2.24) is 25.3 Å². The first-order valence-electron chi connectivity index (χ1n) is 7.90. The van der Waals surface area contributed by atoms with Crippen LogP contribution in [-0.2, 0) is 6.42 Å². The fraction of sp³-hybridized carbons (Fsp3) is 0.111. The molecule has 0 aliphatic carbocycles. The summed E-state index contributed by atoms with van der Waals surface area (Å²) in [6.07, 6.45) is 0.735. The summed E-state index contributed by atoms with van der Waals surface area (Å²) >= 11 is 6.35. The maximum absolute atomic E-state index is 6.35. The van der Waals surface area contributed by atoms with Crippen molar-refractivity contribution in [1.29, 1.82) is 0 Å². The number of hydrogen-bond donors (Lipinski definition) is 1. The highest BCUT2D eigenvalue weighted by Gasteiger charge is 2.15. The van der Waals surface area contributed by atoms with Gasteiger partial charge in [-0.2, -0.15) is 0 Å². The Bertz CT molecular complexity index is 985. The van der Waals surface area contributed by atoms with Gasteiger partial charge in [0.05, 0.1) is 6.04 Å². The fourth-order valence-electron chi connectivity index (χ4n) is 2.73. The molecule has 4 rings (SSSR count). The summed E-state index contributed by atoms with van der Waals surface area (Å²) in [7, 11) is 0. The molecule has 0 amide bonds. The summed E-state index contributed by atoms with van der Waals surface area (Å²) in [4.78, 5) is 0. The zero-order valence-electron chi connectivity index (χ0n) is 13.2. The Morgan fingerprint density at radius 1 is 0.960 bits per heavy atom. The molecule has 0 aliphatic heterocycles. The van der Waals surface area contributed by atoms with Gasteiger partial charge < -0.3 is 5.32 Å². The largest absolute Gasteiger partial charge is 0.361 e. The van der Waals surface area contributed by atoms with Gasteiger partial charge >= 0.3 is 0 Å². The first-order valence-corrected chi connectivity index (χ1v) is 8.28. The van der Waals surface area contributed by atoms with Gasteiger partial charge in [0.1, 0.15) is 5.82 Å². The lowest BCUT2D eigenvalue weighted by Gasteiger charge is -2.20. The van der Waals surface area contributed by atoms with Gasteiger partial charge in [-0.3, -0.25) is 0 Å². The fourth-order valence-corrected chi connectivity index (χ4v) is 2.94. The highest BCUT2D eigenvalue weighted by molar-refractivity contribution is 6.31. The van der Waals surface area contributed by atoms with E-state index in [0.29, 0.717) is 11.5 Å². The zero-order valence-corrected chi connectivity index (χ0v) is 14.0. The van der Waals surface area contributed by atoms with Crippen molar-refractivity contribution >= 4 is 23.1 Å². The quantitative estimate of drug-likeness (QED) is 0.596. The second kappa shape index (κ2) is 6.86. The monoisotopic (exact) mass is 350 g/mol. The van der Waals surface area contributed by atoms with Crippen molar-refractivity contribution in [3.8, 4) is 0 Å². The summed E-state index contributed by atoms with van der Waals surface area (Å²) < 4.78 is 1.40. The number of benzene rings is 2. The van der Waals surface area contributed by atoms with Crippen molar-refractivity contribution in [3.63, 3.8) is 0 Å². The Kier molecular flexibility index (Phi) is 4.26. The van der Waals surface area contributed by atoms with E-state index < -0.39 is 0 Å². The number of nitrogens with zero attached hydrogens (tertiary/aromatic N) is 5. The molecule has 7 heteroatoms. The van der Waals surface area contributed by atoms with Gasteiger partial charge in [0.25, 0.3) is 0 Å². The summed E-state index contributed by atoms with van der Waals surface area (Å²) in [5.74, 6) is 0.695. The number of aromatic nitrogens is 5. The van der Waals surface area contributed by atoms with E-state index in [9.17, 15) is 0 Å². The van der Waals surface area contributed by atoms with Crippen molar-refractivity contribution in [3.05, 3.63) is 82.9 Å². The second-order valence-corrected chi connectivity index (χ2v) is 6.06. The number of hydrogen-bond acceptors (Lipinski definition) is 5. The first-order chi connectivity index (χ1) is 12.3. The van der Waals surface area contributed by atoms with Crippen LogP contribution < -0.4 is 5.32 Å². The molecule has 1 unspecified atom stereocenters. The molecular formula is C18H15ClN6. The zero-order chi connectivity index (χ0) is 17.1. The maximum Gasteiger partial charge on any atom is 0.200 e. The molecule has 4 aromatic rings. The van der Waals surface area contributed by atoms with Gasteiger partial charge in [-0.1, -0.05) is 60.1 Å². The number of fused-ring (bicyclic) bond motifs is 1. The third kappa shape index (κ3) is 3.44. The number of rotatable bonds is 5. The molecule has 0 fully saturated rings. The van der Waals surface area contributed by atoms with Gasteiger partial charge in [-0.25, -0.2) is 0 Å². The molecule has 124 valence electrons. The summed E-state index contributed by atoms with van der Waals surface area (Å²) in [6, 6.07) is 21.8.